The number of carbonyl (C=O) groups excluding carboxylic acids is 1. The number of nitrogens with zero attached hydrogens (tertiary/aromatic N) is 6. The van der Waals surface area contributed by atoms with Crippen LogP contribution < -0.4 is 9.64 Å². The van der Waals surface area contributed by atoms with Crippen LogP contribution in [0.1, 0.15) is 24.2 Å². The maximum atomic E-state index is 14.1. The van der Waals surface area contributed by atoms with E-state index in [0.29, 0.717) is 45.5 Å². The Morgan fingerprint density at radius 3 is 2.72 bits per heavy atom. The molecule has 1 atom stereocenters. The van der Waals surface area contributed by atoms with E-state index < -0.39 is 11.6 Å². The van der Waals surface area contributed by atoms with Gasteiger partial charge in [-0.3, -0.25) is 9.48 Å². The number of anilines is 1. The van der Waals surface area contributed by atoms with Gasteiger partial charge in [0.25, 0.3) is 0 Å². The molecule has 9 nitrogen and oxygen atoms in total. The van der Waals surface area contributed by atoms with E-state index in [4.69, 9.17) is 19.4 Å². The first-order valence-corrected chi connectivity index (χ1v) is 12.1. The molecule has 0 bridgehead atoms. The summed E-state index contributed by atoms with van der Waals surface area (Å²) in [4.78, 5) is 26.5. The van der Waals surface area contributed by atoms with Gasteiger partial charge in [0, 0.05) is 57.2 Å². The summed E-state index contributed by atoms with van der Waals surface area (Å²) in [7, 11) is 1.85. The smallest absolute Gasteiger partial charge is 0.249 e. The quantitative estimate of drug-likeness (QED) is 0.549. The van der Waals surface area contributed by atoms with Gasteiger partial charge in [-0.15, -0.1) is 0 Å². The molecule has 3 aliphatic rings. The lowest BCUT2D eigenvalue weighted by molar-refractivity contribution is -0.149. The molecular formula is C25H26F2N6O3. The Kier molecular flexibility index (Phi) is 5.79. The highest BCUT2D eigenvalue weighted by Crippen LogP contribution is 2.34. The van der Waals surface area contributed by atoms with Gasteiger partial charge in [0.05, 0.1) is 36.8 Å². The van der Waals surface area contributed by atoms with Gasteiger partial charge in [-0.1, -0.05) is 0 Å². The molecule has 188 valence electrons. The van der Waals surface area contributed by atoms with Crippen LogP contribution in [0.2, 0.25) is 0 Å². The number of rotatable bonds is 4. The summed E-state index contributed by atoms with van der Waals surface area (Å²) < 4.78 is 40.3. The number of fused-ring (bicyclic) bond motifs is 2. The molecule has 0 radical (unpaired) electrons. The molecule has 1 aromatic carbocycles. The van der Waals surface area contributed by atoms with Gasteiger partial charge >= 0.3 is 0 Å². The van der Waals surface area contributed by atoms with Crippen LogP contribution in [0.15, 0.2) is 30.6 Å². The van der Waals surface area contributed by atoms with Crippen molar-refractivity contribution >= 4 is 11.7 Å². The summed E-state index contributed by atoms with van der Waals surface area (Å²) in [6.07, 6.45) is 5.38. The van der Waals surface area contributed by atoms with E-state index in [0.717, 1.165) is 34.5 Å². The number of carbonyl (C=O) groups is 1. The fourth-order valence-electron chi connectivity index (χ4n) is 5.11. The number of halogens is 2. The number of amides is 1. The highest BCUT2D eigenvalue weighted by molar-refractivity contribution is 5.79. The third-order valence-corrected chi connectivity index (χ3v) is 6.99. The van der Waals surface area contributed by atoms with Crippen LogP contribution in [-0.4, -0.2) is 69.0 Å². The highest BCUT2D eigenvalue weighted by atomic mass is 19.1. The average Bonchev–Trinajstić information content (AvgIpc) is 3.31. The van der Waals surface area contributed by atoms with Crippen LogP contribution in [0.5, 0.6) is 5.75 Å². The Labute approximate surface area is 206 Å². The SMILES string of the molecule is Cn1cc(-c2nc3c(nc2N2CCC(Oc4ccc(F)cc4F)CC2)CC2COCC(=O)N2C3)cn1. The molecule has 36 heavy (non-hydrogen) atoms. The van der Waals surface area contributed by atoms with Crippen molar-refractivity contribution < 1.29 is 23.0 Å². The standard InChI is InChI=1S/C25H26F2N6O3/c1-31-11-15(10-28-31)24-25(30-20-9-17-13-35-14-23(34)33(17)12-21(20)29-24)32-6-4-18(5-7-32)36-22-3-2-16(26)8-19(22)27/h2-3,8,10-11,17-18H,4-7,9,12-14H2,1H3. The first-order valence-electron chi connectivity index (χ1n) is 12.1. The maximum absolute atomic E-state index is 14.1. The van der Waals surface area contributed by atoms with Crippen LogP contribution in [0, 0.1) is 11.6 Å². The molecule has 0 aliphatic carbocycles. The molecule has 0 N–H and O–H groups in total. The van der Waals surface area contributed by atoms with E-state index in [-0.39, 0.29) is 30.4 Å². The minimum Gasteiger partial charge on any atom is -0.487 e. The minimum absolute atomic E-state index is 0.0228. The van der Waals surface area contributed by atoms with Crippen molar-refractivity contribution in [2.24, 2.45) is 7.05 Å². The fraction of sp³-hybridized carbons (Fsp3) is 0.440. The van der Waals surface area contributed by atoms with Crippen LogP contribution in [0.4, 0.5) is 14.6 Å². The Balaban J connectivity index is 1.26. The Morgan fingerprint density at radius 1 is 1.14 bits per heavy atom. The lowest BCUT2D eigenvalue weighted by Gasteiger charge is -2.40. The molecule has 2 fully saturated rings. The number of ether oxygens (including phenoxy) is 2. The number of hydrogen-bond acceptors (Lipinski definition) is 7. The monoisotopic (exact) mass is 496 g/mol. The zero-order chi connectivity index (χ0) is 24.8. The lowest BCUT2D eigenvalue weighted by atomic mass is 10.0. The normalized spacial score (nSPS) is 20.3. The third kappa shape index (κ3) is 4.27. The number of hydrogen-bond donors (Lipinski definition) is 0. The first-order chi connectivity index (χ1) is 17.4. The molecule has 5 heterocycles. The van der Waals surface area contributed by atoms with Crippen LogP contribution in [0.3, 0.4) is 0 Å². The molecule has 2 aromatic heterocycles. The van der Waals surface area contributed by atoms with Gasteiger partial charge in [0.15, 0.2) is 17.4 Å². The van der Waals surface area contributed by atoms with Crippen molar-refractivity contribution in [3.8, 4) is 17.0 Å². The van der Waals surface area contributed by atoms with Crippen molar-refractivity contribution in [2.45, 2.75) is 38.0 Å². The van der Waals surface area contributed by atoms with Crippen molar-refractivity contribution in [2.75, 3.05) is 31.2 Å². The van der Waals surface area contributed by atoms with Crippen molar-refractivity contribution in [1.29, 1.82) is 0 Å². The predicted molar refractivity (Wildman–Crippen MR) is 125 cm³/mol. The molecule has 3 aliphatic heterocycles. The summed E-state index contributed by atoms with van der Waals surface area (Å²) in [6.45, 7) is 2.31. The summed E-state index contributed by atoms with van der Waals surface area (Å²) in [5, 5.41) is 4.31. The van der Waals surface area contributed by atoms with Crippen LogP contribution in [0.25, 0.3) is 11.3 Å². The first kappa shape index (κ1) is 22.8. The number of aromatic nitrogens is 4. The highest BCUT2D eigenvalue weighted by Gasteiger charge is 2.36. The van der Waals surface area contributed by atoms with E-state index in [9.17, 15) is 13.6 Å². The predicted octanol–water partition coefficient (Wildman–Crippen LogP) is 2.49. The van der Waals surface area contributed by atoms with E-state index in [1.807, 2.05) is 18.1 Å². The average molecular weight is 497 g/mol. The van der Waals surface area contributed by atoms with Crippen LogP contribution in [-0.2, 0) is 29.5 Å². The number of morpholine rings is 1. The van der Waals surface area contributed by atoms with E-state index in [1.165, 1.54) is 12.1 Å². The van der Waals surface area contributed by atoms with Gasteiger partial charge in [-0.2, -0.15) is 5.10 Å². The van der Waals surface area contributed by atoms with Gasteiger partial charge in [-0.25, -0.2) is 18.7 Å². The van der Waals surface area contributed by atoms with E-state index >= 15 is 0 Å². The lowest BCUT2D eigenvalue weighted by Crippen LogP contribution is -2.52. The topological polar surface area (TPSA) is 85.6 Å². The second-order valence-corrected chi connectivity index (χ2v) is 9.47. The largest absolute Gasteiger partial charge is 0.487 e. The van der Waals surface area contributed by atoms with Crippen molar-refractivity contribution in [1.82, 2.24) is 24.6 Å². The second-order valence-electron chi connectivity index (χ2n) is 9.47. The molecule has 6 rings (SSSR count). The number of piperidine rings is 1. The molecule has 1 amide bonds. The maximum Gasteiger partial charge on any atom is 0.249 e. The zero-order valence-corrected chi connectivity index (χ0v) is 19.9. The molecule has 1 unspecified atom stereocenters. The Hall–Kier alpha value is -3.60. The van der Waals surface area contributed by atoms with Gasteiger partial charge in [-0.05, 0) is 12.1 Å². The minimum atomic E-state index is -0.698. The molecular weight excluding hydrogens is 470 g/mol. The van der Waals surface area contributed by atoms with Crippen molar-refractivity contribution in [3.63, 3.8) is 0 Å². The third-order valence-electron chi connectivity index (χ3n) is 6.99. The van der Waals surface area contributed by atoms with Crippen molar-refractivity contribution in [3.05, 3.63) is 53.6 Å². The van der Waals surface area contributed by atoms with E-state index in [1.54, 1.807) is 10.9 Å². The second kappa shape index (κ2) is 9.12. The summed E-state index contributed by atoms with van der Waals surface area (Å²) in [5.74, 6) is -0.518. The van der Waals surface area contributed by atoms with Crippen LogP contribution >= 0.6 is 0 Å². The molecule has 3 aromatic rings. The van der Waals surface area contributed by atoms with Gasteiger partial charge in [0.2, 0.25) is 5.91 Å². The Bertz CT molecular complexity index is 1310. The summed E-state index contributed by atoms with van der Waals surface area (Å²) in [5.41, 5.74) is 3.26. The summed E-state index contributed by atoms with van der Waals surface area (Å²) >= 11 is 0. The molecule has 11 heteroatoms. The number of benzene rings is 1. The van der Waals surface area contributed by atoms with Gasteiger partial charge < -0.3 is 19.3 Å². The summed E-state index contributed by atoms with van der Waals surface area (Å²) in [6, 6.07) is 3.33. The number of aryl methyl sites for hydroxylation is 1. The van der Waals surface area contributed by atoms with Gasteiger partial charge in [0.1, 0.15) is 24.2 Å². The van der Waals surface area contributed by atoms with E-state index in [2.05, 4.69) is 10.00 Å². The molecule has 0 spiro atoms. The molecule has 0 saturated carbocycles. The zero-order valence-electron chi connectivity index (χ0n) is 19.9. The molecule has 2 saturated heterocycles. The fourth-order valence-corrected chi connectivity index (χ4v) is 5.11. The Morgan fingerprint density at radius 2 is 1.97 bits per heavy atom.